The number of hydrogen-bond acceptors (Lipinski definition) is 3. The second-order valence-corrected chi connectivity index (χ2v) is 5.35. The Morgan fingerprint density at radius 2 is 2.11 bits per heavy atom. The van der Waals surface area contributed by atoms with Gasteiger partial charge in [-0.2, -0.15) is 5.10 Å². The Bertz CT molecular complexity index is 537. The molecule has 0 radical (unpaired) electrons. The lowest BCUT2D eigenvalue weighted by Crippen LogP contribution is -2.30. The number of halogens is 1. The van der Waals surface area contributed by atoms with E-state index < -0.39 is 0 Å². The van der Waals surface area contributed by atoms with Gasteiger partial charge in [-0.25, -0.2) is 9.50 Å². The van der Waals surface area contributed by atoms with E-state index in [9.17, 15) is 0 Å². The molecule has 4 nitrogen and oxygen atoms in total. The summed E-state index contributed by atoms with van der Waals surface area (Å²) in [5.41, 5.74) is 2.13. The summed E-state index contributed by atoms with van der Waals surface area (Å²) in [5, 5.41) is 7.83. The van der Waals surface area contributed by atoms with E-state index in [1.807, 2.05) is 23.7 Å². The molecule has 19 heavy (non-hydrogen) atoms. The number of nitrogens with one attached hydrogen (secondary N) is 1. The third-order valence-electron chi connectivity index (χ3n) is 3.93. The van der Waals surface area contributed by atoms with E-state index in [2.05, 4.69) is 29.2 Å². The van der Waals surface area contributed by atoms with Crippen LogP contribution in [0.25, 0.3) is 5.52 Å². The smallest absolute Gasteiger partial charge is 0.152 e. The molecule has 1 N–H and O–H groups in total. The summed E-state index contributed by atoms with van der Waals surface area (Å²) in [6, 6.07) is 2.04. The molecule has 0 saturated carbocycles. The molecule has 2 rings (SSSR count). The quantitative estimate of drug-likeness (QED) is 0.824. The predicted octanol–water partition coefficient (Wildman–Crippen LogP) is 3.49. The van der Waals surface area contributed by atoms with E-state index in [-0.39, 0.29) is 5.41 Å². The molecule has 0 unspecified atom stereocenters. The molecule has 0 fully saturated rings. The Balaban J connectivity index is 2.22. The highest BCUT2D eigenvalue weighted by molar-refractivity contribution is 6.18. The summed E-state index contributed by atoms with van der Waals surface area (Å²) >= 11 is 6.14. The van der Waals surface area contributed by atoms with Gasteiger partial charge in [-0.05, 0) is 25.8 Å². The average Bonchev–Trinajstić information content (AvgIpc) is 2.82. The minimum atomic E-state index is 0.130. The van der Waals surface area contributed by atoms with E-state index in [0.29, 0.717) is 5.88 Å². The summed E-state index contributed by atoms with van der Waals surface area (Å²) in [6.45, 7) is 7.19. The Hall–Kier alpha value is -1.29. The van der Waals surface area contributed by atoms with Crippen LogP contribution in [0, 0.1) is 12.3 Å². The molecular formula is C14H21ClN4. The Morgan fingerprint density at radius 3 is 2.74 bits per heavy atom. The number of fused-ring (bicyclic) bond motifs is 1. The van der Waals surface area contributed by atoms with Crippen molar-refractivity contribution in [1.29, 1.82) is 0 Å². The van der Waals surface area contributed by atoms with Crippen LogP contribution in [0.3, 0.4) is 0 Å². The van der Waals surface area contributed by atoms with Crippen LogP contribution in [0.5, 0.6) is 0 Å². The van der Waals surface area contributed by atoms with Crippen LogP contribution < -0.4 is 5.32 Å². The van der Waals surface area contributed by atoms with Crippen molar-refractivity contribution in [2.75, 3.05) is 17.7 Å². The fourth-order valence-corrected chi connectivity index (χ4v) is 2.66. The van der Waals surface area contributed by atoms with Gasteiger partial charge in [0, 0.05) is 30.2 Å². The highest BCUT2D eigenvalue weighted by atomic mass is 35.5. The number of aromatic nitrogens is 3. The lowest BCUT2D eigenvalue weighted by molar-refractivity contribution is 0.326. The monoisotopic (exact) mass is 280 g/mol. The zero-order valence-corrected chi connectivity index (χ0v) is 12.5. The fraction of sp³-hybridized carbons (Fsp3) is 0.571. The SMILES string of the molecule is CCC(CC)(CCl)CNc1nccn2nc(C)cc12. The summed E-state index contributed by atoms with van der Waals surface area (Å²) < 4.78 is 1.85. The molecule has 0 saturated heterocycles. The molecule has 0 aliphatic heterocycles. The largest absolute Gasteiger partial charge is 0.368 e. The first-order valence-corrected chi connectivity index (χ1v) is 7.28. The van der Waals surface area contributed by atoms with Gasteiger partial charge in [0.05, 0.1) is 5.69 Å². The molecule has 104 valence electrons. The lowest BCUT2D eigenvalue weighted by atomic mass is 9.84. The highest BCUT2D eigenvalue weighted by Gasteiger charge is 2.25. The summed E-state index contributed by atoms with van der Waals surface area (Å²) in [6.07, 6.45) is 5.74. The summed E-state index contributed by atoms with van der Waals surface area (Å²) in [7, 11) is 0. The third-order valence-corrected chi connectivity index (χ3v) is 4.49. The van der Waals surface area contributed by atoms with Gasteiger partial charge in [0.2, 0.25) is 0 Å². The molecule has 2 aromatic heterocycles. The second kappa shape index (κ2) is 5.78. The lowest BCUT2D eigenvalue weighted by Gasteiger charge is -2.29. The van der Waals surface area contributed by atoms with Crippen LogP contribution >= 0.6 is 11.6 Å². The average molecular weight is 281 g/mol. The van der Waals surface area contributed by atoms with Gasteiger partial charge in [0.25, 0.3) is 0 Å². The van der Waals surface area contributed by atoms with E-state index in [1.54, 1.807) is 6.20 Å². The topological polar surface area (TPSA) is 42.2 Å². The normalized spacial score (nSPS) is 12.0. The zero-order chi connectivity index (χ0) is 13.9. The number of hydrogen-bond donors (Lipinski definition) is 1. The van der Waals surface area contributed by atoms with Crippen LogP contribution in [0.2, 0.25) is 0 Å². The van der Waals surface area contributed by atoms with Crippen molar-refractivity contribution in [3.63, 3.8) is 0 Å². The minimum absolute atomic E-state index is 0.130. The van der Waals surface area contributed by atoms with E-state index in [0.717, 1.165) is 36.4 Å². The molecule has 0 amide bonds. The van der Waals surface area contributed by atoms with Crippen molar-refractivity contribution in [2.45, 2.75) is 33.6 Å². The third kappa shape index (κ3) is 2.84. The molecule has 2 aromatic rings. The number of rotatable bonds is 6. The fourth-order valence-electron chi connectivity index (χ4n) is 2.19. The Morgan fingerprint density at radius 1 is 1.37 bits per heavy atom. The standard InChI is InChI=1S/C14H21ClN4/c1-4-14(5-2,9-15)10-17-13-12-8-11(3)18-19(12)7-6-16-13/h6-8H,4-5,9-10H2,1-3H3,(H,16,17). The van der Waals surface area contributed by atoms with Gasteiger partial charge in [0.1, 0.15) is 5.52 Å². The van der Waals surface area contributed by atoms with Crippen LogP contribution in [0.1, 0.15) is 32.4 Å². The van der Waals surface area contributed by atoms with Gasteiger partial charge in [0.15, 0.2) is 5.82 Å². The van der Waals surface area contributed by atoms with Gasteiger partial charge < -0.3 is 5.32 Å². The zero-order valence-electron chi connectivity index (χ0n) is 11.8. The number of alkyl halides is 1. The Labute approximate surface area is 119 Å². The first kappa shape index (κ1) is 14.1. The maximum absolute atomic E-state index is 6.14. The Kier molecular flexibility index (Phi) is 4.30. The predicted molar refractivity (Wildman–Crippen MR) is 79.9 cm³/mol. The maximum atomic E-state index is 6.14. The van der Waals surface area contributed by atoms with E-state index in [4.69, 9.17) is 11.6 Å². The van der Waals surface area contributed by atoms with Crippen LogP contribution in [-0.4, -0.2) is 27.0 Å². The first-order valence-electron chi connectivity index (χ1n) is 6.75. The molecule has 0 aromatic carbocycles. The van der Waals surface area contributed by atoms with Crippen molar-refractivity contribution in [1.82, 2.24) is 14.6 Å². The van der Waals surface area contributed by atoms with Crippen molar-refractivity contribution in [3.05, 3.63) is 24.2 Å². The minimum Gasteiger partial charge on any atom is -0.368 e. The highest BCUT2D eigenvalue weighted by Crippen LogP contribution is 2.28. The van der Waals surface area contributed by atoms with E-state index >= 15 is 0 Å². The van der Waals surface area contributed by atoms with Crippen molar-refractivity contribution >= 4 is 22.9 Å². The van der Waals surface area contributed by atoms with Crippen molar-refractivity contribution in [2.24, 2.45) is 5.41 Å². The molecule has 0 atom stereocenters. The molecule has 2 heterocycles. The molecule has 5 heteroatoms. The van der Waals surface area contributed by atoms with Crippen molar-refractivity contribution < 1.29 is 0 Å². The molecule has 0 aliphatic carbocycles. The number of anilines is 1. The molecule has 0 bridgehead atoms. The molecule has 0 spiro atoms. The maximum Gasteiger partial charge on any atom is 0.152 e. The second-order valence-electron chi connectivity index (χ2n) is 5.09. The van der Waals surface area contributed by atoms with Gasteiger partial charge in [-0.15, -0.1) is 11.6 Å². The summed E-state index contributed by atoms with van der Waals surface area (Å²) in [4.78, 5) is 4.41. The van der Waals surface area contributed by atoms with Crippen LogP contribution in [0.15, 0.2) is 18.5 Å². The molecule has 0 aliphatic rings. The first-order chi connectivity index (χ1) is 9.14. The van der Waals surface area contributed by atoms with Crippen molar-refractivity contribution in [3.8, 4) is 0 Å². The number of aryl methyl sites for hydroxylation is 1. The van der Waals surface area contributed by atoms with Crippen LogP contribution in [0.4, 0.5) is 5.82 Å². The van der Waals surface area contributed by atoms with Crippen LogP contribution in [-0.2, 0) is 0 Å². The van der Waals surface area contributed by atoms with E-state index in [1.165, 1.54) is 0 Å². The molecular weight excluding hydrogens is 260 g/mol. The van der Waals surface area contributed by atoms with Gasteiger partial charge in [-0.3, -0.25) is 0 Å². The number of nitrogens with zero attached hydrogens (tertiary/aromatic N) is 3. The van der Waals surface area contributed by atoms with Gasteiger partial charge >= 0.3 is 0 Å². The summed E-state index contributed by atoms with van der Waals surface area (Å²) in [5.74, 6) is 1.54. The van der Waals surface area contributed by atoms with Gasteiger partial charge in [-0.1, -0.05) is 13.8 Å².